The molecule has 2 heterocycles. The molecule has 1 aromatic heterocycles. The van der Waals surface area contributed by atoms with E-state index in [2.05, 4.69) is 10.3 Å². The first-order valence-corrected chi connectivity index (χ1v) is 4.26. The number of nitrogens with one attached hydrogen (secondary N) is 1. The van der Waals surface area contributed by atoms with Gasteiger partial charge in [0.25, 0.3) is 0 Å². The summed E-state index contributed by atoms with van der Waals surface area (Å²) < 4.78 is 0. The summed E-state index contributed by atoms with van der Waals surface area (Å²) in [4.78, 5) is 13.5. The fourth-order valence-corrected chi connectivity index (χ4v) is 1.20. The minimum absolute atomic E-state index is 0.112. The summed E-state index contributed by atoms with van der Waals surface area (Å²) >= 11 is 0. The van der Waals surface area contributed by atoms with Crippen LogP contribution in [-0.2, 0) is 0 Å². The zero-order valence-corrected chi connectivity index (χ0v) is 7.43. The van der Waals surface area contributed by atoms with Crippen LogP contribution in [0.3, 0.4) is 0 Å². The van der Waals surface area contributed by atoms with E-state index in [1.807, 2.05) is 6.08 Å². The third kappa shape index (κ3) is 1.77. The summed E-state index contributed by atoms with van der Waals surface area (Å²) in [5.41, 5.74) is 2.20. The molecule has 2 rings (SSSR count). The molecular weight excluding hydrogens is 182 g/mol. The minimum atomic E-state index is -0.498. The van der Waals surface area contributed by atoms with Crippen LogP contribution in [0.15, 0.2) is 23.9 Å². The average molecular weight is 191 g/mol. The van der Waals surface area contributed by atoms with E-state index in [1.54, 1.807) is 6.07 Å². The second-order valence-electron chi connectivity index (χ2n) is 3.11. The van der Waals surface area contributed by atoms with Crippen molar-refractivity contribution >= 4 is 11.9 Å². The number of nitro groups is 1. The Balaban J connectivity index is 2.17. The van der Waals surface area contributed by atoms with E-state index >= 15 is 0 Å². The van der Waals surface area contributed by atoms with Crippen molar-refractivity contribution in [2.45, 2.75) is 0 Å². The van der Waals surface area contributed by atoms with Crippen molar-refractivity contribution in [3.05, 3.63) is 39.6 Å². The molecule has 1 saturated heterocycles. The molecule has 14 heavy (non-hydrogen) atoms. The van der Waals surface area contributed by atoms with Gasteiger partial charge in [-0.25, -0.2) is 0 Å². The number of nitrogens with zero attached hydrogens (tertiary/aromatic N) is 2. The lowest BCUT2D eigenvalue weighted by molar-refractivity contribution is -0.389. The SMILES string of the molecule is O=[N+]([O-])c1ccc(C=C2CNC2)cn1. The summed E-state index contributed by atoms with van der Waals surface area (Å²) in [7, 11) is 0. The summed E-state index contributed by atoms with van der Waals surface area (Å²) in [5, 5.41) is 13.4. The largest absolute Gasteiger partial charge is 0.363 e. The molecule has 0 spiro atoms. The van der Waals surface area contributed by atoms with Gasteiger partial charge in [0.1, 0.15) is 6.20 Å². The van der Waals surface area contributed by atoms with Gasteiger partial charge in [-0.05, 0) is 27.6 Å². The van der Waals surface area contributed by atoms with Crippen LogP contribution in [0, 0.1) is 10.1 Å². The Morgan fingerprint density at radius 2 is 2.29 bits per heavy atom. The van der Waals surface area contributed by atoms with Gasteiger partial charge in [0.05, 0.1) is 0 Å². The van der Waals surface area contributed by atoms with Crippen molar-refractivity contribution in [3.63, 3.8) is 0 Å². The Kier molecular flexibility index (Phi) is 2.24. The lowest BCUT2D eigenvalue weighted by Crippen LogP contribution is -2.33. The molecule has 0 radical (unpaired) electrons. The van der Waals surface area contributed by atoms with E-state index in [0.717, 1.165) is 18.7 Å². The van der Waals surface area contributed by atoms with E-state index in [9.17, 15) is 10.1 Å². The van der Waals surface area contributed by atoms with E-state index in [-0.39, 0.29) is 5.82 Å². The predicted molar refractivity (Wildman–Crippen MR) is 51.7 cm³/mol. The van der Waals surface area contributed by atoms with E-state index in [0.29, 0.717) is 0 Å². The lowest BCUT2D eigenvalue weighted by Gasteiger charge is -2.17. The Morgan fingerprint density at radius 3 is 2.71 bits per heavy atom. The van der Waals surface area contributed by atoms with Gasteiger partial charge in [0.2, 0.25) is 0 Å². The number of rotatable bonds is 2. The maximum Gasteiger partial charge on any atom is 0.363 e. The summed E-state index contributed by atoms with van der Waals surface area (Å²) in [5.74, 6) is -0.112. The third-order valence-corrected chi connectivity index (χ3v) is 2.03. The monoisotopic (exact) mass is 191 g/mol. The van der Waals surface area contributed by atoms with Crippen LogP contribution in [0.25, 0.3) is 6.08 Å². The standard InChI is InChI=1S/C9H9N3O2/c13-12(14)9-2-1-7(6-11-9)3-8-4-10-5-8/h1-3,6,10H,4-5H2. The smallest absolute Gasteiger partial charge is 0.358 e. The molecule has 1 fully saturated rings. The molecule has 72 valence electrons. The van der Waals surface area contributed by atoms with Gasteiger partial charge in [0.15, 0.2) is 0 Å². The van der Waals surface area contributed by atoms with Crippen molar-refractivity contribution < 1.29 is 4.92 Å². The predicted octanol–water partition coefficient (Wildman–Crippen LogP) is 0.976. The number of pyridine rings is 1. The second kappa shape index (κ2) is 3.55. The molecule has 0 unspecified atom stereocenters. The van der Waals surface area contributed by atoms with Crippen LogP contribution in [0.2, 0.25) is 0 Å². The van der Waals surface area contributed by atoms with Crippen molar-refractivity contribution in [1.82, 2.24) is 10.3 Å². The van der Waals surface area contributed by atoms with Gasteiger partial charge < -0.3 is 15.4 Å². The quantitative estimate of drug-likeness (QED) is 0.558. The van der Waals surface area contributed by atoms with Gasteiger partial charge in [-0.3, -0.25) is 0 Å². The Labute approximate surface area is 80.6 Å². The zero-order chi connectivity index (χ0) is 9.97. The normalized spacial score (nSPS) is 14.7. The van der Waals surface area contributed by atoms with Crippen LogP contribution in [0.4, 0.5) is 5.82 Å². The van der Waals surface area contributed by atoms with Gasteiger partial charge in [0, 0.05) is 24.7 Å². The van der Waals surface area contributed by atoms with Crippen LogP contribution < -0.4 is 5.32 Å². The van der Waals surface area contributed by atoms with E-state index in [4.69, 9.17) is 0 Å². The molecule has 0 bridgehead atoms. The summed E-state index contributed by atoms with van der Waals surface area (Å²) in [6, 6.07) is 3.12. The van der Waals surface area contributed by atoms with Gasteiger partial charge in [-0.1, -0.05) is 0 Å². The van der Waals surface area contributed by atoms with Crippen LogP contribution >= 0.6 is 0 Å². The fraction of sp³-hybridized carbons (Fsp3) is 0.222. The average Bonchev–Trinajstić information content (AvgIpc) is 2.12. The molecule has 5 heteroatoms. The number of hydrogen-bond acceptors (Lipinski definition) is 4. The molecule has 0 amide bonds. The maximum atomic E-state index is 10.3. The topological polar surface area (TPSA) is 68.1 Å². The van der Waals surface area contributed by atoms with Crippen molar-refractivity contribution in [2.75, 3.05) is 13.1 Å². The van der Waals surface area contributed by atoms with Gasteiger partial charge in [-0.15, -0.1) is 0 Å². The van der Waals surface area contributed by atoms with Crippen LogP contribution in [-0.4, -0.2) is 23.0 Å². The van der Waals surface area contributed by atoms with E-state index < -0.39 is 4.92 Å². The second-order valence-corrected chi connectivity index (χ2v) is 3.11. The Hall–Kier alpha value is -1.75. The molecule has 0 aromatic carbocycles. The fourth-order valence-electron chi connectivity index (χ4n) is 1.20. The molecule has 1 aliphatic rings. The highest BCUT2D eigenvalue weighted by molar-refractivity contribution is 5.54. The van der Waals surface area contributed by atoms with E-state index in [1.165, 1.54) is 17.8 Å². The van der Waals surface area contributed by atoms with Crippen LogP contribution in [0.1, 0.15) is 5.56 Å². The highest BCUT2D eigenvalue weighted by Gasteiger charge is 2.08. The molecule has 0 aliphatic carbocycles. The maximum absolute atomic E-state index is 10.3. The Bertz CT molecular complexity index is 378. The lowest BCUT2D eigenvalue weighted by atomic mass is 10.1. The molecule has 0 atom stereocenters. The number of hydrogen-bond donors (Lipinski definition) is 1. The third-order valence-electron chi connectivity index (χ3n) is 2.03. The van der Waals surface area contributed by atoms with Crippen LogP contribution in [0.5, 0.6) is 0 Å². The molecule has 1 N–H and O–H groups in total. The summed E-state index contributed by atoms with van der Waals surface area (Å²) in [6.45, 7) is 1.80. The molecular formula is C9H9N3O2. The molecule has 5 nitrogen and oxygen atoms in total. The first kappa shape index (κ1) is 8.83. The molecule has 0 saturated carbocycles. The van der Waals surface area contributed by atoms with Crippen molar-refractivity contribution in [3.8, 4) is 0 Å². The van der Waals surface area contributed by atoms with Gasteiger partial charge >= 0.3 is 5.82 Å². The van der Waals surface area contributed by atoms with Crippen molar-refractivity contribution in [2.24, 2.45) is 0 Å². The highest BCUT2D eigenvalue weighted by Crippen LogP contribution is 2.12. The van der Waals surface area contributed by atoms with Gasteiger partial charge in [-0.2, -0.15) is 0 Å². The number of aromatic nitrogens is 1. The molecule has 1 aromatic rings. The molecule has 1 aliphatic heterocycles. The first-order valence-electron chi connectivity index (χ1n) is 4.26. The summed E-state index contributed by atoms with van der Waals surface area (Å²) in [6.07, 6.45) is 3.51. The minimum Gasteiger partial charge on any atom is -0.358 e. The first-order chi connectivity index (χ1) is 6.75. The van der Waals surface area contributed by atoms with Crippen molar-refractivity contribution in [1.29, 1.82) is 0 Å². The zero-order valence-electron chi connectivity index (χ0n) is 7.43. The Morgan fingerprint density at radius 1 is 1.50 bits per heavy atom. The highest BCUT2D eigenvalue weighted by atomic mass is 16.6.